The third kappa shape index (κ3) is 3.28. The van der Waals surface area contributed by atoms with Crippen molar-refractivity contribution in [2.45, 2.75) is 26.7 Å². The van der Waals surface area contributed by atoms with Crippen molar-refractivity contribution in [1.29, 1.82) is 0 Å². The van der Waals surface area contributed by atoms with Crippen molar-refractivity contribution in [3.8, 4) is 22.6 Å². The number of benzene rings is 2. The Balaban J connectivity index is 1.55. The molecule has 0 unspecified atom stereocenters. The van der Waals surface area contributed by atoms with E-state index in [4.69, 9.17) is 0 Å². The SMILES string of the molecule is CCn1nccc1C(=O)Nc1ccc(-c2cc3c(cc2C)OC(F)(F)O3)cc1. The summed E-state index contributed by atoms with van der Waals surface area (Å²) >= 11 is 0. The summed E-state index contributed by atoms with van der Waals surface area (Å²) in [7, 11) is 0. The zero-order valence-electron chi connectivity index (χ0n) is 15.2. The van der Waals surface area contributed by atoms with E-state index >= 15 is 0 Å². The smallest absolute Gasteiger partial charge is 0.395 e. The average Bonchev–Trinajstić information content (AvgIpc) is 3.24. The molecule has 1 aliphatic heterocycles. The van der Waals surface area contributed by atoms with Crippen LogP contribution in [0.3, 0.4) is 0 Å². The van der Waals surface area contributed by atoms with Gasteiger partial charge in [0.2, 0.25) is 0 Å². The van der Waals surface area contributed by atoms with Gasteiger partial charge in [-0.2, -0.15) is 5.10 Å². The first-order valence-electron chi connectivity index (χ1n) is 8.70. The second-order valence-corrected chi connectivity index (χ2v) is 6.35. The van der Waals surface area contributed by atoms with E-state index in [0.29, 0.717) is 17.9 Å². The highest BCUT2D eigenvalue weighted by atomic mass is 19.3. The van der Waals surface area contributed by atoms with Crippen LogP contribution in [0.1, 0.15) is 23.0 Å². The van der Waals surface area contributed by atoms with E-state index in [1.165, 1.54) is 12.1 Å². The molecule has 2 heterocycles. The number of nitrogens with zero attached hydrogens (tertiary/aromatic N) is 2. The first kappa shape index (κ1) is 18.0. The summed E-state index contributed by atoms with van der Waals surface area (Å²) in [6.45, 7) is 4.30. The topological polar surface area (TPSA) is 65.4 Å². The normalized spacial score (nSPS) is 14.1. The molecule has 1 aromatic heterocycles. The van der Waals surface area contributed by atoms with E-state index < -0.39 is 6.29 Å². The zero-order chi connectivity index (χ0) is 19.9. The van der Waals surface area contributed by atoms with Crippen molar-refractivity contribution >= 4 is 11.6 Å². The summed E-state index contributed by atoms with van der Waals surface area (Å²) in [4.78, 5) is 12.4. The standard InChI is InChI=1S/C20H17F2N3O3/c1-3-25-16(8-9-23-25)19(26)24-14-6-4-13(5-7-14)15-11-18-17(10-12(15)2)27-20(21,22)28-18/h4-11H,3H2,1-2H3,(H,24,26). The molecule has 0 saturated carbocycles. The molecule has 28 heavy (non-hydrogen) atoms. The fraction of sp³-hybridized carbons (Fsp3) is 0.200. The molecular formula is C20H17F2N3O3. The minimum Gasteiger partial charge on any atom is -0.395 e. The lowest BCUT2D eigenvalue weighted by Crippen LogP contribution is -2.25. The average molecular weight is 385 g/mol. The molecule has 0 aliphatic carbocycles. The molecule has 6 nitrogen and oxygen atoms in total. The number of carbonyl (C=O) groups is 1. The number of fused-ring (bicyclic) bond motifs is 1. The fourth-order valence-corrected chi connectivity index (χ4v) is 3.11. The van der Waals surface area contributed by atoms with Crippen molar-refractivity contribution in [2.75, 3.05) is 5.32 Å². The molecular weight excluding hydrogens is 368 g/mol. The van der Waals surface area contributed by atoms with Crippen molar-refractivity contribution in [2.24, 2.45) is 0 Å². The van der Waals surface area contributed by atoms with Crippen LogP contribution < -0.4 is 14.8 Å². The number of anilines is 1. The molecule has 4 rings (SSSR count). The maximum Gasteiger partial charge on any atom is 0.586 e. The van der Waals surface area contributed by atoms with Crippen LogP contribution in [-0.2, 0) is 6.54 Å². The van der Waals surface area contributed by atoms with Gasteiger partial charge in [-0.05, 0) is 60.9 Å². The molecule has 0 atom stereocenters. The van der Waals surface area contributed by atoms with Gasteiger partial charge in [0, 0.05) is 18.4 Å². The highest BCUT2D eigenvalue weighted by Gasteiger charge is 2.43. The molecule has 1 N–H and O–H groups in total. The van der Waals surface area contributed by atoms with Crippen LogP contribution in [0, 0.1) is 6.92 Å². The Hall–Kier alpha value is -3.42. The molecule has 0 radical (unpaired) electrons. The van der Waals surface area contributed by atoms with Gasteiger partial charge in [0.1, 0.15) is 5.69 Å². The molecule has 2 aromatic carbocycles. The Morgan fingerprint density at radius 3 is 2.50 bits per heavy atom. The molecule has 0 saturated heterocycles. The second-order valence-electron chi connectivity index (χ2n) is 6.35. The van der Waals surface area contributed by atoms with Gasteiger partial charge in [0.05, 0.1) is 0 Å². The molecule has 3 aromatic rings. The zero-order valence-corrected chi connectivity index (χ0v) is 15.2. The summed E-state index contributed by atoms with van der Waals surface area (Å²) < 4.78 is 37.1. The van der Waals surface area contributed by atoms with Crippen LogP contribution in [0.25, 0.3) is 11.1 Å². The summed E-state index contributed by atoms with van der Waals surface area (Å²) in [5.41, 5.74) is 3.39. The maximum absolute atomic E-state index is 13.3. The Bertz CT molecular complexity index is 1050. The Morgan fingerprint density at radius 2 is 1.82 bits per heavy atom. The fourth-order valence-electron chi connectivity index (χ4n) is 3.11. The number of hydrogen-bond acceptors (Lipinski definition) is 4. The number of rotatable bonds is 4. The van der Waals surface area contributed by atoms with Crippen LogP contribution >= 0.6 is 0 Å². The number of halogens is 2. The maximum atomic E-state index is 13.3. The third-order valence-corrected chi connectivity index (χ3v) is 4.45. The Labute approximate surface area is 159 Å². The lowest BCUT2D eigenvalue weighted by Gasteiger charge is -2.10. The lowest BCUT2D eigenvalue weighted by atomic mass is 9.99. The van der Waals surface area contributed by atoms with Crippen molar-refractivity contribution in [3.63, 3.8) is 0 Å². The molecule has 0 spiro atoms. The molecule has 1 amide bonds. The summed E-state index contributed by atoms with van der Waals surface area (Å²) in [6, 6.07) is 11.8. The van der Waals surface area contributed by atoms with E-state index in [1.807, 2.05) is 6.92 Å². The second kappa shape index (κ2) is 6.63. The number of hydrogen-bond donors (Lipinski definition) is 1. The van der Waals surface area contributed by atoms with Crippen molar-refractivity contribution in [3.05, 3.63) is 59.9 Å². The van der Waals surface area contributed by atoms with Crippen LogP contribution in [0.5, 0.6) is 11.5 Å². The van der Waals surface area contributed by atoms with Crippen molar-refractivity contribution < 1.29 is 23.0 Å². The predicted molar refractivity (Wildman–Crippen MR) is 98.7 cm³/mol. The Kier molecular flexibility index (Phi) is 4.26. The van der Waals surface area contributed by atoms with E-state index in [1.54, 1.807) is 48.1 Å². The van der Waals surface area contributed by atoms with Gasteiger partial charge in [0.15, 0.2) is 11.5 Å². The van der Waals surface area contributed by atoms with Crippen LogP contribution in [0.15, 0.2) is 48.7 Å². The predicted octanol–water partition coefficient (Wildman–Crippen LogP) is 4.45. The molecule has 144 valence electrons. The number of amides is 1. The van der Waals surface area contributed by atoms with E-state index in [2.05, 4.69) is 19.9 Å². The molecule has 1 aliphatic rings. The molecule has 0 bridgehead atoms. The van der Waals surface area contributed by atoms with Gasteiger partial charge in [0.25, 0.3) is 5.91 Å². The minimum atomic E-state index is -3.65. The van der Waals surface area contributed by atoms with Gasteiger partial charge in [-0.15, -0.1) is 8.78 Å². The van der Waals surface area contributed by atoms with Gasteiger partial charge >= 0.3 is 6.29 Å². The van der Waals surface area contributed by atoms with Gasteiger partial charge < -0.3 is 14.8 Å². The van der Waals surface area contributed by atoms with Gasteiger partial charge in [-0.25, -0.2) is 0 Å². The minimum absolute atomic E-state index is 0.00388. The largest absolute Gasteiger partial charge is 0.586 e. The molecule has 0 fully saturated rings. The Morgan fingerprint density at radius 1 is 1.14 bits per heavy atom. The first-order chi connectivity index (χ1) is 13.4. The monoisotopic (exact) mass is 385 g/mol. The van der Waals surface area contributed by atoms with Crippen LogP contribution in [0.2, 0.25) is 0 Å². The lowest BCUT2D eigenvalue weighted by molar-refractivity contribution is -0.286. The highest BCUT2D eigenvalue weighted by Crippen LogP contribution is 2.44. The summed E-state index contributed by atoms with van der Waals surface area (Å²) in [5.74, 6) is -0.243. The van der Waals surface area contributed by atoms with E-state index in [-0.39, 0.29) is 17.4 Å². The number of aromatic nitrogens is 2. The molecule has 8 heteroatoms. The van der Waals surface area contributed by atoms with Gasteiger partial charge in [-0.3, -0.25) is 9.48 Å². The quantitative estimate of drug-likeness (QED) is 0.721. The summed E-state index contributed by atoms with van der Waals surface area (Å²) in [5, 5.41) is 6.90. The van der Waals surface area contributed by atoms with Crippen LogP contribution in [-0.4, -0.2) is 22.0 Å². The number of carbonyl (C=O) groups excluding carboxylic acids is 1. The third-order valence-electron chi connectivity index (χ3n) is 4.45. The number of nitrogens with one attached hydrogen (secondary N) is 1. The van der Waals surface area contributed by atoms with Crippen molar-refractivity contribution in [1.82, 2.24) is 9.78 Å². The van der Waals surface area contributed by atoms with Crippen LogP contribution in [0.4, 0.5) is 14.5 Å². The number of ether oxygens (including phenoxy) is 2. The van der Waals surface area contributed by atoms with Gasteiger partial charge in [-0.1, -0.05) is 12.1 Å². The summed E-state index contributed by atoms with van der Waals surface area (Å²) in [6.07, 6.45) is -2.07. The number of alkyl halides is 2. The van der Waals surface area contributed by atoms with E-state index in [0.717, 1.165) is 16.7 Å². The number of aryl methyl sites for hydroxylation is 2. The van der Waals surface area contributed by atoms with E-state index in [9.17, 15) is 13.6 Å². The first-order valence-corrected chi connectivity index (χ1v) is 8.70. The highest BCUT2D eigenvalue weighted by molar-refractivity contribution is 6.03.